The summed E-state index contributed by atoms with van der Waals surface area (Å²) in [4.78, 5) is 51.3. The summed E-state index contributed by atoms with van der Waals surface area (Å²) in [5.74, 6) is -2.71. The monoisotopic (exact) mass is 573 g/mol. The molecular formula is C32H44FNO7. The SMILES string of the molecule is CO[C@H]1C[C@H](C)CC2=C(CCCF)C(=O)C=C(NC(=O)/C(C)=C/C=C\[C@H](C)[C@@H](OC(C)=O)/C(C)=C/[C@H](C)[C@H]1O)C2=O. The Morgan fingerprint density at radius 3 is 2.44 bits per heavy atom. The molecule has 0 unspecified atom stereocenters. The maximum atomic E-state index is 13.5. The van der Waals surface area contributed by atoms with Gasteiger partial charge in [0, 0.05) is 48.7 Å². The molecule has 1 aliphatic heterocycles. The van der Waals surface area contributed by atoms with Crippen molar-refractivity contribution in [1.29, 1.82) is 0 Å². The Morgan fingerprint density at radius 2 is 1.83 bits per heavy atom. The van der Waals surface area contributed by atoms with E-state index in [4.69, 9.17) is 9.47 Å². The molecule has 0 fully saturated rings. The van der Waals surface area contributed by atoms with Crippen LogP contribution in [-0.4, -0.2) is 60.6 Å². The first-order chi connectivity index (χ1) is 19.3. The first-order valence-electron chi connectivity index (χ1n) is 14.1. The quantitative estimate of drug-likeness (QED) is 0.279. The lowest BCUT2D eigenvalue weighted by Gasteiger charge is -2.30. The van der Waals surface area contributed by atoms with Gasteiger partial charge >= 0.3 is 5.97 Å². The van der Waals surface area contributed by atoms with Crippen LogP contribution in [0.2, 0.25) is 0 Å². The lowest BCUT2D eigenvalue weighted by atomic mass is 9.82. The summed E-state index contributed by atoms with van der Waals surface area (Å²) in [6, 6.07) is 0. The summed E-state index contributed by atoms with van der Waals surface area (Å²) in [6.45, 7) is 9.74. The van der Waals surface area contributed by atoms with E-state index in [1.807, 2.05) is 33.8 Å². The van der Waals surface area contributed by atoms with E-state index in [-0.39, 0.29) is 53.9 Å². The molecular weight excluding hydrogens is 529 g/mol. The maximum absolute atomic E-state index is 13.5. The number of ketones is 2. The van der Waals surface area contributed by atoms with Crippen LogP contribution >= 0.6 is 0 Å². The second-order valence-corrected chi connectivity index (χ2v) is 11.2. The van der Waals surface area contributed by atoms with Crippen LogP contribution < -0.4 is 5.32 Å². The molecule has 0 saturated carbocycles. The van der Waals surface area contributed by atoms with Gasteiger partial charge in [0.1, 0.15) is 6.10 Å². The maximum Gasteiger partial charge on any atom is 0.303 e. The van der Waals surface area contributed by atoms with E-state index >= 15 is 0 Å². The highest BCUT2D eigenvalue weighted by Crippen LogP contribution is 2.31. The van der Waals surface area contributed by atoms with Crippen molar-refractivity contribution in [3.05, 3.63) is 58.4 Å². The minimum atomic E-state index is -0.910. The number of hydrogen-bond donors (Lipinski definition) is 2. The second-order valence-electron chi connectivity index (χ2n) is 11.2. The molecule has 1 heterocycles. The molecule has 2 rings (SSSR count). The minimum Gasteiger partial charge on any atom is -0.457 e. The molecule has 8 nitrogen and oxygen atoms in total. The van der Waals surface area contributed by atoms with E-state index in [0.29, 0.717) is 12.0 Å². The number of aliphatic hydroxyl groups is 1. The van der Waals surface area contributed by atoms with Crippen LogP contribution in [0.3, 0.4) is 0 Å². The standard InChI is InChI=1S/C32H44FNO7/c1-18-14-25-24(12-9-13-33)27(36)17-26(30(25)38)34-32(39)20(3)11-8-10-19(2)31(41-23(6)35)22(5)16-21(4)29(37)28(15-18)40-7/h8,10-11,16-19,21,28-29,31,37H,9,12-15H2,1-7H3,(H,34,39)/b10-8-,20-11+,22-16+/t18-,19+,21+,28+,29-,31-/m1/s1. The number of hydrogen-bond acceptors (Lipinski definition) is 7. The molecule has 2 aliphatic rings. The third-order valence-corrected chi connectivity index (χ3v) is 7.54. The third-order valence-electron chi connectivity index (χ3n) is 7.54. The zero-order valence-electron chi connectivity index (χ0n) is 25.2. The van der Waals surface area contributed by atoms with Crippen molar-refractivity contribution in [1.82, 2.24) is 5.32 Å². The van der Waals surface area contributed by atoms with Crippen molar-refractivity contribution >= 4 is 23.4 Å². The molecule has 0 aromatic carbocycles. The predicted octanol–water partition coefficient (Wildman–Crippen LogP) is 4.64. The van der Waals surface area contributed by atoms with Gasteiger partial charge in [-0.2, -0.15) is 0 Å². The van der Waals surface area contributed by atoms with Crippen molar-refractivity contribution in [2.45, 2.75) is 85.5 Å². The van der Waals surface area contributed by atoms with Crippen LogP contribution in [-0.2, 0) is 28.7 Å². The number of alkyl halides is 1. The smallest absolute Gasteiger partial charge is 0.303 e. The summed E-state index contributed by atoms with van der Waals surface area (Å²) >= 11 is 0. The lowest BCUT2D eigenvalue weighted by molar-refractivity contribution is -0.146. The largest absolute Gasteiger partial charge is 0.457 e. The zero-order chi connectivity index (χ0) is 30.9. The predicted molar refractivity (Wildman–Crippen MR) is 154 cm³/mol. The third kappa shape index (κ3) is 9.43. The number of carbonyl (C=O) groups excluding carboxylic acids is 4. The van der Waals surface area contributed by atoms with Gasteiger partial charge in [-0.15, -0.1) is 0 Å². The minimum absolute atomic E-state index is 0.102. The van der Waals surface area contributed by atoms with Gasteiger partial charge in [0.2, 0.25) is 5.78 Å². The molecule has 41 heavy (non-hydrogen) atoms. The number of carbonyl (C=O) groups is 4. The van der Waals surface area contributed by atoms with E-state index in [1.54, 1.807) is 25.2 Å². The summed E-state index contributed by atoms with van der Waals surface area (Å²) in [7, 11) is 1.50. The first-order valence-corrected chi connectivity index (χ1v) is 14.1. The summed E-state index contributed by atoms with van der Waals surface area (Å²) in [5.41, 5.74) is 1.44. The number of halogens is 1. The highest BCUT2D eigenvalue weighted by Gasteiger charge is 2.32. The van der Waals surface area contributed by atoms with Crippen LogP contribution in [0, 0.1) is 17.8 Å². The Kier molecular flexibility index (Phi) is 13.1. The number of rotatable bonds is 5. The molecule has 9 heteroatoms. The van der Waals surface area contributed by atoms with Gasteiger partial charge in [-0.25, -0.2) is 0 Å². The Hall–Kier alpha value is -3.17. The van der Waals surface area contributed by atoms with Gasteiger partial charge in [-0.1, -0.05) is 45.1 Å². The molecule has 6 atom stereocenters. The number of esters is 1. The lowest BCUT2D eigenvalue weighted by Crippen LogP contribution is -2.36. The highest BCUT2D eigenvalue weighted by molar-refractivity contribution is 6.23. The van der Waals surface area contributed by atoms with Gasteiger partial charge in [0.15, 0.2) is 5.78 Å². The molecule has 0 aromatic heterocycles. The number of nitrogens with one attached hydrogen (secondary N) is 1. The van der Waals surface area contributed by atoms with Crippen LogP contribution in [0.15, 0.2) is 58.4 Å². The normalized spacial score (nSPS) is 32.3. The highest BCUT2D eigenvalue weighted by atomic mass is 19.1. The summed E-state index contributed by atoms with van der Waals surface area (Å²) in [6.07, 6.45) is 6.69. The molecule has 2 bridgehead atoms. The Labute approximate surface area is 242 Å². The van der Waals surface area contributed by atoms with E-state index in [2.05, 4.69) is 5.32 Å². The van der Waals surface area contributed by atoms with Crippen molar-refractivity contribution < 1.29 is 38.1 Å². The number of fused-ring (bicyclic) bond motifs is 2. The number of allylic oxidation sites excluding steroid dienone is 5. The molecule has 0 aromatic rings. The van der Waals surface area contributed by atoms with Crippen molar-refractivity contribution in [2.75, 3.05) is 13.8 Å². The van der Waals surface area contributed by atoms with E-state index in [9.17, 15) is 28.7 Å². The van der Waals surface area contributed by atoms with Crippen molar-refractivity contribution in [2.24, 2.45) is 17.8 Å². The van der Waals surface area contributed by atoms with Crippen LogP contribution in [0.1, 0.15) is 67.2 Å². The van der Waals surface area contributed by atoms with Crippen LogP contribution in [0.5, 0.6) is 0 Å². The number of Topliss-reactive ketones (excluding diaryl/α,β-unsaturated/α-hetero) is 1. The van der Waals surface area contributed by atoms with E-state index in [1.165, 1.54) is 14.0 Å². The van der Waals surface area contributed by atoms with Crippen molar-refractivity contribution in [3.63, 3.8) is 0 Å². The van der Waals surface area contributed by atoms with Crippen LogP contribution in [0.25, 0.3) is 0 Å². The van der Waals surface area contributed by atoms with Gasteiger partial charge in [0.25, 0.3) is 5.91 Å². The zero-order valence-corrected chi connectivity index (χ0v) is 25.2. The van der Waals surface area contributed by atoms with Gasteiger partial charge < -0.3 is 19.9 Å². The van der Waals surface area contributed by atoms with Gasteiger partial charge in [-0.3, -0.25) is 23.6 Å². The molecule has 0 spiro atoms. The van der Waals surface area contributed by atoms with E-state index < -0.39 is 48.4 Å². The van der Waals surface area contributed by atoms with Gasteiger partial charge in [0.05, 0.1) is 24.6 Å². The Bertz CT molecular complexity index is 1160. The molecule has 226 valence electrons. The number of ether oxygens (including phenoxy) is 2. The van der Waals surface area contributed by atoms with Crippen LogP contribution in [0.4, 0.5) is 4.39 Å². The molecule has 2 N–H and O–H groups in total. The first kappa shape index (κ1) is 34.0. The fourth-order valence-electron chi connectivity index (χ4n) is 5.28. The number of aliphatic hydroxyl groups excluding tert-OH is 1. The second kappa shape index (κ2) is 15.7. The summed E-state index contributed by atoms with van der Waals surface area (Å²) in [5, 5.41) is 13.8. The molecule has 0 saturated heterocycles. The molecule has 0 radical (unpaired) electrons. The number of amides is 1. The molecule has 1 amide bonds. The molecule has 1 aliphatic carbocycles. The fourth-order valence-corrected chi connectivity index (χ4v) is 5.28. The van der Waals surface area contributed by atoms with E-state index in [0.717, 1.165) is 11.6 Å². The number of methoxy groups -OCH3 is 1. The Morgan fingerprint density at radius 1 is 1.15 bits per heavy atom. The Balaban J connectivity index is 2.58. The summed E-state index contributed by atoms with van der Waals surface area (Å²) < 4.78 is 24.3. The van der Waals surface area contributed by atoms with Crippen molar-refractivity contribution in [3.8, 4) is 0 Å². The van der Waals surface area contributed by atoms with Gasteiger partial charge in [-0.05, 0) is 51.0 Å². The average Bonchev–Trinajstić information content (AvgIpc) is 2.91. The average molecular weight is 574 g/mol. The fraction of sp³-hybridized carbons (Fsp3) is 0.562. The topological polar surface area (TPSA) is 119 Å².